The van der Waals surface area contributed by atoms with Gasteiger partial charge in [-0.3, -0.25) is 9.69 Å². The number of amides is 1. The van der Waals surface area contributed by atoms with E-state index in [0.29, 0.717) is 32.1 Å². The molecule has 0 saturated carbocycles. The van der Waals surface area contributed by atoms with E-state index in [4.69, 9.17) is 10.5 Å². The van der Waals surface area contributed by atoms with Gasteiger partial charge in [0.15, 0.2) is 0 Å². The second-order valence-corrected chi connectivity index (χ2v) is 5.88. The first-order chi connectivity index (χ1) is 9.07. The van der Waals surface area contributed by atoms with E-state index >= 15 is 0 Å². The van der Waals surface area contributed by atoms with Crippen molar-refractivity contribution in [2.24, 2.45) is 5.73 Å². The number of hydrogen-bond acceptors (Lipinski definition) is 4. The number of rotatable bonds is 4. The molecule has 0 spiro atoms. The molecule has 2 N–H and O–H groups in total. The SMILES string of the molecule is CCN1CCCC1CN(C)C(=O)C1(N)CCOCC1.Cl.Cl. The van der Waals surface area contributed by atoms with Gasteiger partial charge in [0.1, 0.15) is 0 Å². The summed E-state index contributed by atoms with van der Waals surface area (Å²) in [6.45, 7) is 6.40. The zero-order chi connectivity index (χ0) is 13.9. The van der Waals surface area contributed by atoms with Crippen molar-refractivity contribution in [2.75, 3.05) is 39.9 Å². The Balaban J connectivity index is 0.00000200. The minimum atomic E-state index is -0.706. The lowest BCUT2D eigenvalue weighted by Gasteiger charge is -2.37. The maximum absolute atomic E-state index is 12.5. The second-order valence-electron chi connectivity index (χ2n) is 5.88. The highest BCUT2D eigenvalue weighted by Crippen LogP contribution is 2.22. The Bertz CT molecular complexity index is 325. The minimum Gasteiger partial charge on any atom is -0.381 e. The highest BCUT2D eigenvalue weighted by molar-refractivity contribution is 5.86. The van der Waals surface area contributed by atoms with Crippen molar-refractivity contribution in [3.63, 3.8) is 0 Å². The van der Waals surface area contributed by atoms with Crippen LogP contribution in [-0.2, 0) is 9.53 Å². The van der Waals surface area contributed by atoms with E-state index in [2.05, 4.69) is 11.8 Å². The summed E-state index contributed by atoms with van der Waals surface area (Å²) in [6, 6.07) is 0.502. The monoisotopic (exact) mass is 341 g/mol. The molecular weight excluding hydrogens is 313 g/mol. The highest BCUT2D eigenvalue weighted by atomic mass is 35.5. The molecule has 7 heteroatoms. The molecule has 2 saturated heterocycles. The Morgan fingerprint density at radius 1 is 1.38 bits per heavy atom. The van der Waals surface area contributed by atoms with E-state index < -0.39 is 5.54 Å². The maximum Gasteiger partial charge on any atom is 0.242 e. The largest absolute Gasteiger partial charge is 0.381 e. The molecule has 0 aliphatic carbocycles. The van der Waals surface area contributed by atoms with Crippen molar-refractivity contribution in [2.45, 2.75) is 44.2 Å². The van der Waals surface area contributed by atoms with E-state index in [1.807, 2.05) is 11.9 Å². The van der Waals surface area contributed by atoms with Crippen LogP contribution in [-0.4, -0.2) is 67.2 Å². The van der Waals surface area contributed by atoms with Gasteiger partial charge in [-0.05, 0) is 38.8 Å². The molecule has 1 atom stereocenters. The van der Waals surface area contributed by atoms with Crippen LogP contribution >= 0.6 is 24.8 Å². The maximum atomic E-state index is 12.5. The molecule has 2 aliphatic heterocycles. The zero-order valence-electron chi connectivity index (χ0n) is 13.0. The summed E-state index contributed by atoms with van der Waals surface area (Å²) in [7, 11) is 1.89. The van der Waals surface area contributed by atoms with Crippen molar-refractivity contribution in [1.82, 2.24) is 9.80 Å². The smallest absolute Gasteiger partial charge is 0.242 e. The molecule has 1 amide bonds. The fourth-order valence-corrected chi connectivity index (χ4v) is 3.25. The number of carbonyl (C=O) groups is 1. The molecule has 2 aliphatic rings. The third-order valence-electron chi connectivity index (χ3n) is 4.55. The number of hydrogen-bond donors (Lipinski definition) is 1. The minimum absolute atomic E-state index is 0. The van der Waals surface area contributed by atoms with Crippen LogP contribution in [0.5, 0.6) is 0 Å². The van der Waals surface area contributed by atoms with E-state index in [1.165, 1.54) is 12.8 Å². The third kappa shape index (κ3) is 4.96. The molecule has 21 heavy (non-hydrogen) atoms. The van der Waals surface area contributed by atoms with E-state index in [-0.39, 0.29) is 30.7 Å². The van der Waals surface area contributed by atoms with Gasteiger partial charge in [0.25, 0.3) is 0 Å². The molecule has 2 fully saturated rings. The predicted octanol–water partition coefficient (Wildman–Crippen LogP) is 1.28. The molecule has 0 aromatic heterocycles. The molecule has 0 bridgehead atoms. The topological polar surface area (TPSA) is 58.8 Å². The number of carbonyl (C=O) groups excluding carboxylic acids is 1. The molecule has 2 rings (SSSR count). The molecular formula is C14H29Cl2N3O2. The fraction of sp³-hybridized carbons (Fsp3) is 0.929. The van der Waals surface area contributed by atoms with Crippen LogP contribution in [0.15, 0.2) is 0 Å². The van der Waals surface area contributed by atoms with Crippen LogP contribution in [0.2, 0.25) is 0 Å². The van der Waals surface area contributed by atoms with Crippen LogP contribution < -0.4 is 5.73 Å². The molecule has 0 radical (unpaired) electrons. The first-order valence-corrected chi connectivity index (χ1v) is 7.43. The summed E-state index contributed by atoms with van der Waals surface area (Å²) in [5, 5.41) is 0. The number of ether oxygens (including phenoxy) is 1. The first kappa shape index (κ1) is 20.9. The number of halogens is 2. The Hall–Kier alpha value is -0.0700. The summed E-state index contributed by atoms with van der Waals surface area (Å²) >= 11 is 0. The lowest BCUT2D eigenvalue weighted by atomic mass is 9.89. The lowest BCUT2D eigenvalue weighted by molar-refractivity contribution is -0.139. The first-order valence-electron chi connectivity index (χ1n) is 7.43. The molecule has 5 nitrogen and oxygen atoms in total. The highest BCUT2D eigenvalue weighted by Gasteiger charge is 2.38. The molecule has 0 aromatic rings. The van der Waals surface area contributed by atoms with Gasteiger partial charge in [-0.25, -0.2) is 0 Å². The zero-order valence-corrected chi connectivity index (χ0v) is 14.7. The van der Waals surface area contributed by atoms with E-state index in [1.54, 1.807) is 0 Å². The normalized spacial score (nSPS) is 24.8. The van der Waals surface area contributed by atoms with Gasteiger partial charge in [-0.2, -0.15) is 0 Å². The standard InChI is InChI=1S/C14H27N3O2.2ClH/c1-3-17-8-4-5-12(17)11-16(2)13(18)14(15)6-9-19-10-7-14;;/h12H,3-11,15H2,1-2H3;2*1H. The van der Waals surface area contributed by atoms with Crippen molar-refractivity contribution in [3.05, 3.63) is 0 Å². The van der Waals surface area contributed by atoms with Crippen molar-refractivity contribution >= 4 is 30.7 Å². The molecule has 1 unspecified atom stereocenters. The third-order valence-corrected chi connectivity index (χ3v) is 4.55. The van der Waals surface area contributed by atoms with Crippen molar-refractivity contribution < 1.29 is 9.53 Å². The lowest BCUT2D eigenvalue weighted by Crippen LogP contribution is -2.58. The Morgan fingerprint density at radius 3 is 2.57 bits per heavy atom. The van der Waals surface area contributed by atoms with Crippen LogP contribution in [0, 0.1) is 0 Å². The van der Waals surface area contributed by atoms with Crippen LogP contribution in [0.4, 0.5) is 0 Å². The Morgan fingerprint density at radius 2 is 2.00 bits per heavy atom. The summed E-state index contributed by atoms with van der Waals surface area (Å²) in [5.74, 6) is 0.0822. The van der Waals surface area contributed by atoms with Gasteiger partial charge in [0.05, 0.1) is 5.54 Å². The quantitative estimate of drug-likeness (QED) is 0.836. The average molecular weight is 342 g/mol. The summed E-state index contributed by atoms with van der Waals surface area (Å²) < 4.78 is 5.30. The van der Waals surface area contributed by atoms with E-state index in [0.717, 1.165) is 19.6 Å². The number of likely N-dealkylation sites (N-methyl/N-ethyl adjacent to an activating group) is 2. The number of nitrogens with zero attached hydrogens (tertiary/aromatic N) is 2. The van der Waals surface area contributed by atoms with Gasteiger partial charge in [0, 0.05) is 32.8 Å². The van der Waals surface area contributed by atoms with Crippen molar-refractivity contribution in [3.8, 4) is 0 Å². The summed E-state index contributed by atoms with van der Waals surface area (Å²) in [5.41, 5.74) is 5.55. The molecule has 126 valence electrons. The average Bonchev–Trinajstić information content (AvgIpc) is 2.85. The fourth-order valence-electron chi connectivity index (χ4n) is 3.25. The van der Waals surface area contributed by atoms with Gasteiger partial charge >= 0.3 is 0 Å². The van der Waals surface area contributed by atoms with Crippen LogP contribution in [0.3, 0.4) is 0 Å². The Kier molecular flexibility index (Phi) is 9.12. The number of likely N-dealkylation sites (tertiary alicyclic amines) is 1. The summed E-state index contributed by atoms with van der Waals surface area (Å²) in [6.07, 6.45) is 3.70. The van der Waals surface area contributed by atoms with Gasteiger partial charge in [-0.15, -0.1) is 24.8 Å². The Labute approximate surface area is 140 Å². The van der Waals surface area contributed by atoms with Crippen LogP contribution in [0.25, 0.3) is 0 Å². The number of nitrogens with two attached hydrogens (primary N) is 1. The van der Waals surface area contributed by atoms with Gasteiger partial charge in [-0.1, -0.05) is 6.92 Å². The second kappa shape index (κ2) is 9.16. The van der Waals surface area contributed by atoms with Gasteiger partial charge in [0.2, 0.25) is 5.91 Å². The molecule has 0 aromatic carbocycles. The van der Waals surface area contributed by atoms with Gasteiger partial charge < -0.3 is 15.4 Å². The molecule has 2 heterocycles. The predicted molar refractivity (Wildman–Crippen MR) is 89.4 cm³/mol. The van der Waals surface area contributed by atoms with Crippen molar-refractivity contribution in [1.29, 1.82) is 0 Å². The van der Waals surface area contributed by atoms with E-state index in [9.17, 15) is 4.79 Å². The summed E-state index contributed by atoms with van der Waals surface area (Å²) in [4.78, 5) is 16.8. The van der Waals surface area contributed by atoms with Crippen LogP contribution in [0.1, 0.15) is 32.6 Å².